The molecule has 136 valence electrons. The Labute approximate surface area is 156 Å². The van der Waals surface area contributed by atoms with Crippen molar-refractivity contribution in [2.24, 2.45) is 0 Å². The lowest BCUT2D eigenvalue weighted by molar-refractivity contribution is -0.131. The van der Waals surface area contributed by atoms with E-state index in [1.165, 1.54) is 35.1 Å². The van der Waals surface area contributed by atoms with Gasteiger partial charge in [-0.1, -0.05) is 36.4 Å². The average Bonchev–Trinajstić information content (AvgIpc) is 3.31. The van der Waals surface area contributed by atoms with Crippen LogP contribution in [0.4, 0.5) is 0 Å². The smallest absolute Gasteiger partial charge is 0.227 e. The number of nitrogens with zero attached hydrogens (tertiary/aromatic N) is 1. The maximum Gasteiger partial charge on any atom is 0.227 e. The lowest BCUT2D eigenvalue weighted by Gasteiger charge is -2.25. The molecule has 2 aromatic carbocycles. The summed E-state index contributed by atoms with van der Waals surface area (Å²) in [5.41, 5.74) is 5.27. The van der Waals surface area contributed by atoms with Gasteiger partial charge in [-0.25, -0.2) is 0 Å². The van der Waals surface area contributed by atoms with Crippen LogP contribution in [0.15, 0.2) is 42.5 Å². The van der Waals surface area contributed by atoms with E-state index in [-0.39, 0.29) is 11.9 Å². The summed E-state index contributed by atoms with van der Waals surface area (Å²) in [4.78, 5) is 15.1. The molecule has 0 saturated carbocycles. The van der Waals surface area contributed by atoms with E-state index in [1.807, 2.05) is 18.2 Å². The molecular formula is C23H27NO2. The van der Waals surface area contributed by atoms with Gasteiger partial charge in [0.2, 0.25) is 5.91 Å². The Bertz CT molecular complexity index is 799. The van der Waals surface area contributed by atoms with Crippen molar-refractivity contribution in [3.8, 4) is 5.75 Å². The molecule has 26 heavy (non-hydrogen) atoms. The molecule has 4 rings (SSSR count). The molecular weight excluding hydrogens is 322 g/mol. The summed E-state index contributed by atoms with van der Waals surface area (Å²) in [5, 5.41) is 0. The fourth-order valence-electron chi connectivity index (χ4n) is 4.51. The molecule has 0 aromatic heterocycles. The van der Waals surface area contributed by atoms with Crippen molar-refractivity contribution in [3.63, 3.8) is 0 Å². The third kappa shape index (κ3) is 3.48. The number of carbonyl (C=O) groups is 1. The van der Waals surface area contributed by atoms with Crippen molar-refractivity contribution in [1.29, 1.82) is 0 Å². The average molecular weight is 349 g/mol. The minimum atomic E-state index is 0.264. The molecule has 2 aromatic rings. The molecule has 0 bridgehead atoms. The molecule has 0 radical (unpaired) electrons. The maximum atomic E-state index is 13.0. The van der Waals surface area contributed by atoms with Gasteiger partial charge in [0.05, 0.1) is 13.5 Å². The van der Waals surface area contributed by atoms with Crippen LogP contribution in [0.2, 0.25) is 0 Å². The van der Waals surface area contributed by atoms with Crippen LogP contribution in [-0.2, 0) is 30.5 Å². The van der Waals surface area contributed by atoms with E-state index < -0.39 is 0 Å². The van der Waals surface area contributed by atoms with Crippen LogP contribution >= 0.6 is 0 Å². The number of methoxy groups -OCH3 is 1. The molecule has 1 saturated heterocycles. The normalized spacial score (nSPS) is 18.8. The molecule has 1 aliphatic carbocycles. The van der Waals surface area contributed by atoms with Gasteiger partial charge in [-0.15, -0.1) is 0 Å². The van der Waals surface area contributed by atoms with E-state index >= 15 is 0 Å². The van der Waals surface area contributed by atoms with Gasteiger partial charge in [0.25, 0.3) is 0 Å². The van der Waals surface area contributed by atoms with Crippen molar-refractivity contribution in [2.75, 3.05) is 13.7 Å². The first-order chi connectivity index (χ1) is 12.7. The summed E-state index contributed by atoms with van der Waals surface area (Å²) < 4.78 is 5.49. The topological polar surface area (TPSA) is 29.5 Å². The number of hydrogen-bond donors (Lipinski definition) is 0. The van der Waals surface area contributed by atoms with Gasteiger partial charge in [-0.2, -0.15) is 0 Å². The monoisotopic (exact) mass is 349 g/mol. The fourth-order valence-corrected chi connectivity index (χ4v) is 4.51. The largest absolute Gasteiger partial charge is 0.496 e. The number of benzene rings is 2. The molecule has 0 spiro atoms. The molecule has 1 amide bonds. The molecule has 2 aliphatic rings. The van der Waals surface area contributed by atoms with Crippen LogP contribution in [0.1, 0.15) is 41.5 Å². The minimum absolute atomic E-state index is 0.264. The quantitative estimate of drug-likeness (QED) is 0.818. The van der Waals surface area contributed by atoms with Crippen LogP contribution < -0.4 is 4.74 Å². The summed E-state index contributed by atoms with van der Waals surface area (Å²) in [6.45, 7) is 0.879. The second-order valence-corrected chi connectivity index (χ2v) is 7.53. The number of fused-ring (bicyclic) bond motifs is 1. The molecule has 3 heteroatoms. The van der Waals surface area contributed by atoms with Crippen molar-refractivity contribution >= 4 is 5.91 Å². The molecule has 1 heterocycles. The number of ether oxygens (including phenoxy) is 1. The highest BCUT2D eigenvalue weighted by Gasteiger charge is 2.29. The summed E-state index contributed by atoms with van der Waals surface area (Å²) in [6, 6.07) is 15.1. The molecule has 0 N–H and O–H groups in total. The van der Waals surface area contributed by atoms with E-state index in [0.717, 1.165) is 38.0 Å². The van der Waals surface area contributed by atoms with E-state index in [2.05, 4.69) is 29.2 Å². The van der Waals surface area contributed by atoms with Crippen molar-refractivity contribution in [2.45, 2.75) is 51.0 Å². The first-order valence-corrected chi connectivity index (χ1v) is 9.76. The number of amides is 1. The van der Waals surface area contributed by atoms with Crippen LogP contribution in [0, 0.1) is 0 Å². The van der Waals surface area contributed by atoms with Crippen LogP contribution in [-0.4, -0.2) is 30.5 Å². The van der Waals surface area contributed by atoms with Gasteiger partial charge in [0.1, 0.15) is 5.75 Å². The lowest BCUT2D eigenvalue weighted by atomic mass is 10.0. The van der Waals surface area contributed by atoms with Crippen LogP contribution in [0.25, 0.3) is 0 Å². The molecule has 1 aliphatic heterocycles. The second-order valence-electron chi connectivity index (χ2n) is 7.53. The SMILES string of the molecule is COc1ccccc1C[C@@H]1CCCN1C(=O)Cc1ccc2c(c1)CCC2. The summed E-state index contributed by atoms with van der Waals surface area (Å²) in [5.74, 6) is 1.19. The number of aryl methyl sites for hydroxylation is 2. The first kappa shape index (κ1) is 17.1. The minimum Gasteiger partial charge on any atom is -0.496 e. The molecule has 3 nitrogen and oxygen atoms in total. The zero-order chi connectivity index (χ0) is 17.9. The number of carbonyl (C=O) groups excluding carboxylic acids is 1. The predicted molar refractivity (Wildman–Crippen MR) is 104 cm³/mol. The lowest BCUT2D eigenvalue weighted by Crippen LogP contribution is -2.37. The zero-order valence-corrected chi connectivity index (χ0v) is 15.5. The third-order valence-corrected chi connectivity index (χ3v) is 5.86. The van der Waals surface area contributed by atoms with Crippen LogP contribution in [0.3, 0.4) is 0 Å². The number of hydrogen-bond acceptors (Lipinski definition) is 2. The number of likely N-dealkylation sites (tertiary alicyclic amines) is 1. The Balaban J connectivity index is 1.45. The molecule has 1 fully saturated rings. The Kier molecular flexibility index (Phi) is 4.96. The fraction of sp³-hybridized carbons (Fsp3) is 0.435. The highest BCUT2D eigenvalue weighted by molar-refractivity contribution is 5.79. The van der Waals surface area contributed by atoms with Gasteiger partial charge in [0.15, 0.2) is 0 Å². The summed E-state index contributed by atoms with van der Waals surface area (Å²) in [6.07, 6.45) is 7.17. The summed E-state index contributed by atoms with van der Waals surface area (Å²) >= 11 is 0. The second kappa shape index (κ2) is 7.53. The molecule has 0 unspecified atom stereocenters. The van der Waals surface area contributed by atoms with Gasteiger partial charge in [-0.3, -0.25) is 4.79 Å². The van der Waals surface area contributed by atoms with Gasteiger partial charge in [-0.05, 0) is 66.8 Å². The van der Waals surface area contributed by atoms with E-state index in [0.29, 0.717) is 6.42 Å². The molecule has 1 atom stereocenters. The first-order valence-electron chi connectivity index (χ1n) is 9.76. The van der Waals surface area contributed by atoms with Gasteiger partial charge < -0.3 is 9.64 Å². The highest BCUT2D eigenvalue weighted by Crippen LogP contribution is 2.27. The standard InChI is InChI=1S/C23H27NO2/c1-26-22-10-3-2-6-20(22)16-21-9-5-13-24(21)23(25)15-17-11-12-18-7-4-8-19(18)14-17/h2-3,6,10-12,14,21H,4-5,7-9,13,15-16H2,1H3/t21-/m0/s1. The highest BCUT2D eigenvalue weighted by atomic mass is 16.5. The van der Waals surface area contributed by atoms with E-state index in [4.69, 9.17) is 4.74 Å². The van der Waals surface area contributed by atoms with E-state index in [9.17, 15) is 4.79 Å². The van der Waals surface area contributed by atoms with E-state index in [1.54, 1.807) is 7.11 Å². The van der Waals surface area contributed by atoms with Gasteiger partial charge >= 0.3 is 0 Å². The Morgan fingerprint density at radius 1 is 1.12 bits per heavy atom. The van der Waals surface area contributed by atoms with Crippen molar-refractivity contribution < 1.29 is 9.53 Å². The number of rotatable bonds is 5. The van der Waals surface area contributed by atoms with Crippen molar-refractivity contribution in [3.05, 3.63) is 64.7 Å². The Morgan fingerprint density at radius 3 is 2.85 bits per heavy atom. The van der Waals surface area contributed by atoms with Gasteiger partial charge in [0, 0.05) is 12.6 Å². The van der Waals surface area contributed by atoms with Crippen LogP contribution in [0.5, 0.6) is 5.75 Å². The predicted octanol–water partition coefficient (Wildman–Crippen LogP) is 3.96. The Hall–Kier alpha value is -2.29. The maximum absolute atomic E-state index is 13.0. The third-order valence-electron chi connectivity index (χ3n) is 5.86. The Morgan fingerprint density at radius 2 is 1.96 bits per heavy atom. The zero-order valence-electron chi connectivity index (χ0n) is 15.5. The summed E-state index contributed by atoms with van der Waals surface area (Å²) in [7, 11) is 1.71. The van der Waals surface area contributed by atoms with Crippen molar-refractivity contribution in [1.82, 2.24) is 4.90 Å². The number of para-hydroxylation sites is 1.